The van der Waals surface area contributed by atoms with Crippen LogP contribution in [0.5, 0.6) is 0 Å². The molecule has 0 saturated heterocycles. The molecule has 0 unspecified atom stereocenters. The molecule has 4 heterocycles. The number of amides is 4. The highest BCUT2D eigenvalue weighted by atomic mass is 35.5. The molecule has 0 radical (unpaired) electrons. The molecule has 0 aliphatic heterocycles. The van der Waals surface area contributed by atoms with E-state index < -0.39 is 22.9 Å². The highest BCUT2D eigenvalue weighted by molar-refractivity contribution is 6.16. The molecule has 17 nitrogen and oxygen atoms in total. The van der Waals surface area contributed by atoms with E-state index in [0.717, 1.165) is 0 Å². The van der Waals surface area contributed by atoms with Crippen molar-refractivity contribution < 1.29 is 24.1 Å². The minimum absolute atomic E-state index is 0. The lowest BCUT2D eigenvalue weighted by atomic mass is 10.1. The van der Waals surface area contributed by atoms with Crippen molar-refractivity contribution in [2.75, 3.05) is 49.4 Å². The first-order chi connectivity index (χ1) is 22.8. The number of H-pyrrole nitrogens is 1. The van der Waals surface area contributed by atoms with Gasteiger partial charge in [0.25, 0.3) is 11.6 Å². The summed E-state index contributed by atoms with van der Waals surface area (Å²) in [5.41, 5.74) is 6.98. The minimum atomic E-state index is -0.545. The number of non-ortho nitro benzene ring substituents is 1. The van der Waals surface area contributed by atoms with Gasteiger partial charge in [0.15, 0.2) is 0 Å². The number of nitrogens with two attached hydrogens (primary N) is 1. The van der Waals surface area contributed by atoms with Crippen molar-refractivity contribution in [2.24, 2.45) is 5.73 Å². The van der Waals surface area contributed by atoms with Gasteiger partial charge in [-0.1, -0.05) is 6.07 Å². The molecular weight excluding hydrogens is 693 g/mol. The lowest BCUT2D eigenvalue weighted by molar-refractivity contribution is -0.383. The van der Waals surface area contributed by atoms with Crippen LogP contribution >= 0.6 is 24.8 Å². The molecule has 1 aromatic carbocycles. The molecule has 5 aromatic rings. The van der Waals surface area contributed by atoms with Gasteiger partial charge in [-0.25, -0.2) is 14.4 Å². The number of aromatic nitrogens is 4. The summed E-state index contributed by atoms with van der Waals surface area (Å²) in [4.78, 5) is 72.0. The Labute approximate surface area is 297 Å². The molecule has 19 heteroatoms. The first-order valence-electron chi connectivity index (χ1n) is 14.5. The molecule has 0 aliphatic carbocycles. The van der Waals surface area contributed by atoms with Crippen LogP contribution in [0.1, 0.15) is 16.8 Å². The monoisotopic (exact) mass is 727 g/mol. The molecule has 5 rings (SSSR count). The second-order valence-electron chi connectivity index (χ2n) is 11.0. The number of amidine groups is 1. The van der Waals surface area contributed by atoms with Gasteiger partial charge >= 0.3 is 18.1 Å². The summed E-state index contributed by atoms with van der Waals surface area (Å²) in [6, 6.07) is 7.99. The quantitative estimate of drug-likeness (QED) is 0.0859. The Bertz CT molecular complexity index is 2080. The Balaban J connectivity index is 0.00000338. The molecule has 0 bridgehead atoms. The second kappa shape index (κ2) is 15.4. The Kier molecular flexibility index (Phi) is 11.8. The number of nitro groups is 1. The molecule has 0 fully saturated rings. The molecule has 4 amide bonds. The molecule has 0 aliphatic rings. The van der Waals surface area contributed by atoms with Crippen LogP contribution in [0.4, 0.5) is 37.1 Å². The fourth-order valence-electron chi connectivity index (χ4n) is 5.04. The lowest BCUT2D eigenvalue weighted by Crippen LogP contribution is -2.33. The van der Waals surface area contributed by atoms with Crippen LogP contribution in [-0.4, -0.2) is 93.1 Å². The van der Waals surface area contributed by atoms with E-state index in [0.29, 0.717) is 22.6 Å². The van der Waals surface area contributed by atoms with E-state index in [1.54, 1.807) is 38.4 Å². The Morgan fingerprint density at radius 3 is 1.76 bits per heavy atom. The van der Waals surface area contributed by atoms with Gasteiger partial charge in [-0.15, -0.1) is 24.8 Å². The summed E-state index contributed by atoms with van der Waals surface area (Å²) in [5, 5.41) is 19.1. The Morgan fingerprint density at radius 2 is 1.28 bits per heavy atom. The summed E-state index contributed by atoms with van der Waals surface area (Å²) in [6.45, 7) is 0.270. The summed E-state index contributed by atoms with van der Waals surface area (Å²) < 4.78 is 3.90. The molecule has 50 heavy (non-hydrogen) atoms. The smallest absolute Gasteiger partial charge is 0.332 e. The van der Waals surface area contributed by atoms with E-state index in [1.807, 2.05) is 0 Å². The minimum Gasteiger partial charge on any atom is -0.388 e. The number of aromatic amines is 1. The van der Waals surface area contributed by atoms with Crippen LogP contribution in [0.3, 0.4) is 0 Å². The molecular formula is C31H35Cl2N11O6. The van der Waals surface area contributed by atoms with Gasteiger partial charge in [-0.05, 0) is 24.3 Å². The molecule has 264 valence electrons. The number of carbonyl (C=O) groups is 4. The number of halogens is 2. The molecule has 0 spiro atoms. The molecule has 0 saturated carbocycles. The average Bonchev–Trinajstić information content (AvgIpc) is 3.90. The number of nitrogens with one attached hydrogen (secondary N) is 2. The normalized spacial score (nSPS) is 10.5. The number of fused-ring (bicyclic) bond motifs is 1. The van der Waals surface area contributed by atoms with E-state index in [1.165, 1.54) is 103 Å². The SMILES string of the molecule is CN(CCC(=N)N)C(=O)n1ccc(N(C)C(=O)n2ccc(N(C)C(=O)n3ccc(N(C)C(=O)c4c[nH]c5cccc([N+](=O)[O-])c45)c3)c2)c1.Cl.Cl. The second-order valence-corrected chi connectivity index (χ2v) is 11.0. The van der Waals surface area contributed by atoms with Crippen molar-refractivity contribution in [1.82, 2.24) is 23.6 Å². The van der Waals surface area contributed by atoms with Crippen molar-refractivity contribution in [2.45, 2.75) is 6.42 Å². The highest BCUT2D eigenvalue weighted by Gasteiger charge is 2.25. The Hall–Kier alpha value is -6.07. The van der Waals surface area contributed by atoms with Gasteiger partial charge in [0.05, 0.1) is 44.3 Å². The van der Waals surface area contributed by atoms with Crippen molar-refractivity contribution >= 4 is 88.3 Å². The standard InChI is InChI=1S/C31H33N11O6.2ClH/c1-35(12-11-26(32)33)29(44)39-13-9-21(18-39)37(3)31(46)41-15-10-22(19-41)38(4)30(45)40-14-8-20(17-40)36(2)28(43)23-16-34-24-6-5-7-25(27(23)24)42(47)48;;/h5-10,13-19,34H,11-12H2,1-4H3,(H3,32,33);2*1H. The van der Waals surface area contributed by atoms with Crippen molar-refractivity contribution in [1.29, 1.82) is 5.41 Å². The number of benzene rings is 1. The third-order valence-corrected chi connectivity index (χ3v) is 7.89. The van der Waals surface area contributed by atoms with Crippen LogP contribution in [0.25, 0.3) is 10.9 Å². The van der Waals surface area contributed by atoms with Crippen molar-refractivity contribution in [3.63, 3.8) is 0 Å². The lowest BCUT2D eigenvalue weighted by Gasteiger charge is -2.18. The van der Waals surface area contributed by atoms with Gasteiger partial charge in [-0.3, -0.25) is 43.8 Å². The molecule has 0 atom stereocenters. The van der Waals surface area contributed by atoms with Crippen molar-refractivity contribution in [3.8, 4) is 0 Å². The Morgan fingerprint density at radius 1 is 0.800 bits per heavy atom. The number of nitrogens with zero attached hydrogens (tertiary/aromatic N) is 8. The maximum absolute atomic E-state index is 13.4. The predicted octanol–water partition coefficient (Wildman–Crippen LogP) is 5.04. The van der Waals surface area contributed by atoms with Crippen LogP contribution in [0, 0.1) is 15.5 Å². The predicted molar refractivity (Wildman–Crippen MR) is 194 cm³/mol. The zero-order valence-electron chi connectivity index (χ0n) is 27.3. The first-order valence-corrected chi connectivity index (χ1v) is 14.5. The summed E-state index contributed by atoms with van der Waals surface area (Å²) in [6.07, 6.45) is 10.6. The largest absolute Gasteiger partial charge is 0.388 e. The number of hydrogen-bond donors (Lipinski definition) is 3. The summed E-state index contributed by atoms with van der Waals surface area (Å²) >= 11 is 0. The van der Waals surface area contributed by atoms with Gasteiger partial charge < -0.3 is 20.5 Å². The average molecular weight is 729 g/mol. The molecule has 4 aromatic heterocycles. The van der Waals surface area contributed by atoms with E-state index in [2.05, 4.69) is 4.98 Å². The van der Waals surface area contributed by atoms with Crippen LogP contribution in [-0.2, 0) is 0 Å². The van der Waals surface area contributed by atoms with Gasteiger partial charge in [0.1, 0.15) is 0 Å². The van der Waals surface area contributed by atoms with Crippen LogP contribution < -0.4 is 20.4 Å². The highest BCUT2D eigenvalue weighted by Crippen LogP contribution is 2.30. The van der Waals surface area contributed by atoms with E-state index in [-0.39, 0.29) is 66.3 Å². The number of rotatable bonds is 8. The zero-order chi connectivity index (χ0) is 34.9. The fourth-order valence-corrected chi connectivity index (χ4v) is 5.04. The third-order valence-electron chi connectivity index (χ3n) is 7.89. The van der Waals surface area contributed by atoms with E-state index in [4.69, 9.17) is 11.1 Å². The van der Waals surface area contributed by atoms with Gasteiger partial charge in [0.2, 0.25) is 0 Å². The topological polar surface area (TPSA) is 205 Å². The van der Waals surface area contributed by atoms with Crippen molar-refractivity contribution in [3.05, 3.63) is 95.5 Å². The summed E-state index contributed by atoms with van der Waals surface area (Å²) in [5.74, 6) is -0.531. The zero-order valence-corrected chi connectivity index (χ0v) is 29.0. The number of carbonyl (C=O) groups excluding carboxylic acids is 4. The number of anilines is 3. The fraction of sp³-hybridized carbons (Fsp3) is 0.194. The summed E-state index contributed by atoms with van der Waals surface area (Å²) in [7, 11) is 6.17. The van der Waals surface area contributed by atoms with Crippen LogP contribution in [0.2, 0.25) is 0 Å². The van der Waals surface area contributed by atoms with E-state index in [9.17, 15) is 29.3 Å². The van der Waals surface area contributed by atoms with Gasteiger partial charge in [0, 0.05) is 90.6 Å². The number of nitro benzene ring substituents is 1. The maximum Gasteiger partial charge on any atom is 0.332 e. The maximum atomic E-state index is 13.4. The van der Waals surface area contributed by atoms with Gasteiger partial charge in [-0.2, -0.15) is 0 Å². The van der Waals surface area contributed by atoms with Crippen LogP contribution in [0.15, 0.2) is 79.8 Å². The number of hydrogen-bond acceptors (Lipinski definition) is 7. The first kappa shape index (κ1) is 38.4. The third kappa shape index (κ3) is 7.48. The van der Waals surface area contributed by atoms with E-state index >= 15 is 0 Å². The molecule has 4 N–H and O–H groups in total.